The Labute approximate surface area is 126 Å². The largest absolute Gasteiger partial charge is 0.454 e. The van der Waals surface area contributed by atoms with Gasteiger partial charge < -0.3 is 14.8 Å². The highest BCUT2D eigenvalue weighted by molar-refractivity contribution is 5.97. The minimum Gasteiger partial charge on any atom is -0.454 e. The normalized spacial score (nSPS) is 12.3. The Kier molecular flexibility index (Phi) is 3.54. The van der Waals surface area contributed by atoms with Crippen LogP contribution >= 0.6 is 0 Å². The van der Waals surface area contributed by atoms with E-state index in [1.807, 2.05) is 6.92 Å². The number of benzene rings is 1. The van der Waals surface area contributed by atoms with Crippen LogP contribution in [0.25, 0.3) is 0 Å². The van der Waals surface area contributed by atoms with E-state index in [4.69, 9.17) is 9.47 Å². The maximum atomic E-state index is 12.1. The fourth-order valence-corrected chi connectivity index (χ4v) is 2.25. The molecule has 0 atom stereocenters. The van der Waals surface area contributed by atoms with Crippen molar-refractivity contribution in [1.29, 1.82) is 0 Å². The first kappa shape index (κ1) is 14.1. The number of nitrogens with one attached hydrogen (secondary N) is 1. The molecule has 0 saturated carbocycles. The lowest BCUT2D eigenvalue weighted by Gasteiger charge is -2.06. The van der Waals surface area contributed by atoms with Crippen molar-refractivity contribution >= 4 is 11.8 Å². The molecule has 2 heterocycles. The second kappa shape index (κ2) is 5.51. The van der Waals surface area contributed by atoms with Gasteiger partial charge in [0.15, 0.2) is 11.5 Å². The van der Waals surface area contributed by atoms with Crippen molar-refractivity contribution < 1.29 is 19.1 Å². The number of amides is 1. The van der Waals surface area contributed by atoms with Crippen LogP contribution < -0.4 is 14.8 Å². The zero-order chi connectivity index (χ0) is 15.7. The third-order valence-corrected chi connectivity index (χ3v) is 3.28. The molecular formula is C15H15N3O4. The van der Waals surface area contributed by atoms with Crippen molar-refractivity contribution in [2.45, 2.75) is 13.8 Å². The standard InChI is InChI=1S/C15H15N3O4/c1-9-5-10(2)18(17-9)14(19)7-16-15(20)11-3-4-12-13(6-11)22-8-21-12/h3-6H,7-8H2,1-2H3,(H,16,20). The quantitative estimate of drug-likeness (QED) is 0.924. The molecule has 0 aliphatic carbocycles. The Morgan fingerprint density at radius 1 is 1.23 bits per heavy atom. The van der Waals surface area contributed by atoms with Gasteiger partial charge >= 0.3 is 0 Å². The Balaban J connectivity index is 1.65. The van der Waals surface area contributed by atoms with Crippen LogP contribution in [0.15, 0.2) is 24.3 Å². The zero-order valence-corrected chi connectivity index (χ0v) is 12.3. The van der Waals surface area contributed by atoms with Crippen molar-refractivity contribution in [3.8, 4) is 11.5 Å². The van der Waals surface area contributed by atoms with E-state index >= 15 is 0 Å². The molecule has 0 spiro atoms. The molecule has 0 fully saturated rings. The summed E-state index contributed by atoms with van der Waals surface area (Å²) in [6.45, 7) is 3.62. The van der Waals surface area contributed by atoms with Crippen molar-refractivity contribution in [1.82, 2.24) is 15.1 Å². The second-order valence-electron chi connectivity index (χ2n) is 4.98. The van der Waals surface area contributed by atoms with E-state index in [1.54, 1.807) is 31.2 Å². The van der Waals surface area contributed by atoms with Crippen LogP contribution in [0, 0.1) is 13.8 Å². The molecule has 1 aliphatic rings. The average molecular weight is 301 g/mol. The number of carbonyl (C=O) groups is 2. The molecule has 2 aromatic rings. The smallest absolute Gasteiger partial charge is 0.266 e. The van der Waals surface area contributed by atoms with Crippen LogP contribution in [0.5, 0.6) is 11.5 Å². The van der Waals surface area contributed by atoms with E-state index in [9.17, 15) is 9.59 Å². The number of rotatable bonds is 3. The molecule has 0 radical (unpaired) electrons. The Morgan fingerprint density at radius 3 is 2.73 bits per heavy atom. The van der Waals surface area contributed by atoms with Crippen molar-refractivity contribution in [2.75, 3.05) is 13.3 Å². The molecule has 22 heavy (non-hydrogen) atoms. The lowest BCUT2D eigenvalue weighted by atomic mass is 10.2. The van der Waals surface area contributed by atoms with Gasteiger partial charge in [0.05, 0.1) is 12.2 Å². The van der Waals surface area contributed by atoms with Gasteiger partial charge in [-0.05, 0) is 38.1 Å². The molecule has 114 valence electrons. The van der Waals surface area contributed by atoms with Gasteiger partial charge in [-0.1, -0.05) is 0 Å². The van der Waals surface area contributed by atoms with E-state index in [1.165, 1.54) is 4.68 Å². The molecule has 1 N–H and O–H groups in total. The fraction of sp³-hybridized carbons (Fsp3) is 0.267. The summed E-state index contributed by atoms with van der Waals surface area (Å²) in [6, 6.07) is 6.68. The summed E-state index contributed by atoms with van der Waals surface area (Å²) < 4.78 is 11.7. The van der Waals surface area contributed by atoms with E-state index < -0.39 is 0 Å². The number of nitrogens with zero attached hydrogens (tertiary/aromatic N) is 2. The lowest BCUT2D eigenvalue weighted by molar-refractivity contribution is 0.0848. The number of aryl methyl sites for hydroxylation is 2. The van der Waals surface area contributed by atoms with Crippen LogP contribution in [0.2, 0.25) is 0 Å². The zero-order valence-electron chi connectivity index (χ0n) is 12.3. The molecule has 1 amide bonds. The van der Waals surface area contributed by atoms with E-state index in [-0.39, 0.29) is 25.2 Å². The first-order valence-electron chi connectivity index (χ1n) is 6.79. The molecule has 0 saturated heterocycles. The summed E-state index contributed by atoms with van der Waals surface area (Å²) >= 11 is 0. The van der Waals surface area contributed by atoms with Gasteiger partial charge in [-0.2, -0.15) is 5.10 Å². The Bertz CT molecular complexity index is 751. The molecular weight excluding hydrogens is 286 g/mol. The molecule has 7 nitrogen and oxygen atoms in total. The van der Waals surface area contributed by atoms with Gasteiger partial charge in [-0.15, -0.1) is 0 Å². The van der Waals surface area contributed by atoms with Gasteiger partial charge in [-0.3, -0.25) is 9.59 Å². The summed E-state index contributed by atoms with van der Waals surface area (Å²) in [7, 11) is 0. The molecule has 1 aromatic carbocycles. The third-order valence-electron chi connectivity index (χ3n) is 3.28. The molecule has 0 bridgehead atoms. The van der Waals surface area contributed by atoms with E-state index in [2.05, 4.69) is 10.4 Å². The summed E-state index contributed by atoms with van der Waals surface area (Å²) in [5.74, 6) is 0.487. The SMILES string of the molecule is Cc1cc(C)n(C(=O)CNC(=O)c2ccc3c(c2)OCO3)n1. The predicted molar refractivity (Wildman–Crippen MR) is 77.2 cm³/mol. The number of fused-ring (bicyclic) bond motifs is 1. The van der Waals surface area contributed by atoms with Crippen molar-refractivity contribution in [3.63, 3.8) is 0 Å². The maximum Gasteiger partial charge on any atom is 0.266 e. The van der Waals surface area contributed by atoms with Gasteiger partial charge in [-0.25, -0.2) is 4.68 Å². The van der Waals surface area contributed by atoms with Crippen molar-refractivity contribution in [2.24, 2.45) is 0 Å². The number of hydrogen-bond acceptors (Lipinski definition) is 5. The van der Waals surface area contributed by atoms with E-state index in [0.29, 0.717) is 17.1 Å². The molecule has 0 unspecified atom stereocenters. The minimum absolute atomic E-state index is 0.130. The second-order valence-corrected chi connectivity index (χ2v) is 4.98. The van der Waals surface area contributed by atoms with Crippen molar-refractivity contribution in [3.05, 3.63) is 41.2 Å². The summed E-state index contributed by atoms with van der Waals surface area (Å²) in [4.78, 5) is 24.1. The Morgan fingerprint density at radius 2 is 2.00 bits per heavy atom. The van der Waals surface area contributed by atoms with Gasteiger partial charge in [0, 0.05) is 11.3 Å². The van der Waals surface area contributed by atoms with Gasteiger partial charge in [0.1, 0.15) is 0 Å². The first-order valence-corrected chi connectivity index (χ1v) is 6.79. The minimum atomic E-state index is -0.354. The Hall–Kier alpha value is -2.83. The lowest BCUT2D eigenvalue weighted by Crippen LogP contribution is -2.33. The fourth-order valence-electron chi connectivity index (χ4n) is 2.25. The highest BCUT2D eigenvalue weighted by atomic mass is 16.7. The summed E-state index contributed by atoms with van der Waals surface area (Å²) in [5.41, 5.74) is 1.90. The molecule has 1 aliphatic heterocycles. The van der Waals surface area contributed by atoms with Crippen LogP contribution in [-0.2, 0) is 0 Å². The topological polar surface area (TPSA) is 82.5 Å². The molecule has 1 aromatic heterocycles. The van der Waals surface area contributed by atoms with E-state index in [0.717, 1.165) is 11.4 Å². The van der Waals surface area contributed by atoms with Gasteiger partial charge in [0.2, 0.25) is 6.79 Å². The van der Waals surface area contributed by atoms with Crippen LogP contribution in [0.4, 0.5) is 0 Å². The number of hydrogen-bond donors (Lipinski definition) is 1. The molecule has 7 heteroatoms. The average Bonchev–Trinajstić information content (AvgIpc) is 3.09. The molecule has 3 rings (SSSR count). The summed E-state index contributed by atoms with van der Waals surface area (Å²) in [5, 5.41) is 6.67. The third kappa shape index (κ3) is 2.65. The summed E-state index contributed by atoms with van der Waals surface area (Å²) in [6.07, 6.45) is 0. The van der Waals surface area contributed by atoms with Gasteiger partial charge in [0.25, 0.3) is 11.8 Å². The van der Waals surface area contributed by atoms with Crippen LogP contribution in [0.1, 0.15) is 26.5 Å². The number of carbonyl (C=O) groups excluding carboxylic acids is 2. The first-order chi connectivity index (χ1) is 10.5. The number of ether oxygens (including phenoxy) is 2. The number of aromatic nitrogens is 2. The predicted octanol–water partition coefficient (Wildman–Crippen LogP) is 1.30. The van der Waals surface area contributed by atoms with Crippen LogP contribution in [-0.4, -0.2) is 34.9 Å². The highest BCUT2D eigenvalue weighted by Crippen LogP contribution is 2.32. The maximum absolute atomic E-state index is 12.1. The monoisotopic (exact) mass is 301 g/mol. The highest BCUT2D eigenvalue weighted by Gasteiger charge is 2.17. The van der Waals surface area contributed by atoms with Crippen LogP contribution in [0.3, 0.4) is 0 Å².